The first kappa shape index (κ1) is 15.7. The lowest BCUT2D eigenvalue weighted by Crippen LogP contribution is -2.55. The van der Waals surface area contributed by atoms with E-state index in [9.17, 15) is 14.0 Å². The molecule has 5 nitrogen and oxygen atoms in total. The molecule has 0 radical (unpaired) electrons. The lowest BCUT2D eigenvalue weighted by molar-refractivity contribution is -0.132. The third kappa shape index (κ3) is 2.82. The number of benzene rings is 2. The number of hydrogen-bond acceptors (Lipinski definition) is 3. The number of rotatable bonds is 5. The predicted octanol–water partition coefficient (Wildman–Crippen LogP) is 1.15. The molecule has 2 aromatic rings. The second kappa shape index (κ2) is 6.36. The van der Waals surface area contributed by atoms with Gasteiger partial charge in [-0.1, -0.05) is 30.3 Å². The van der Waals surface area contributed by atoms with Gasteiger partial charge >= 0.3 is 0 Å². The van der Waals surface area contributed by atoms with Gasteiger partial charge in [0.25, 0.3) is 0 Å². The van der Waals surface area contributed by atoms with E-state index >= 15 is 0 Å². The molecule has 114 valence electrons. The molecule has 0 heterocycles. The highest BCUT2D eigenvalue weighted by Crippen LogP contribution is 2.25. The Morgan fingerprint density at radius 1 is 1.05 bits per heavy atom. The van der Waals surface area contributed by atoms with Crippen LogP contribution in [-0.4, -0.2) is 18.4 Å². The van der Waals surface area contributed by atoms with E-state index < -0.39 is 23.0 Å². The molecule has 2 rings (SSSR count). The molecule has 2 amide bonds. The minimum Gasteiger partial charge on any atom is -0.368 e. The van der Waals surface area contributed by atoms with Gasteiger partial charge in [0.1, 0.15) is 5.82 Å². The van der Waals surface area contributed by atoms with Crippen molar-refractivity contribution in [2.45, 2.75) is 5.41 Å². The number of halogens is 1. The molecule has 0 aromatic heterocycles. The molecule has 2 aromatic carbocycles. The molecule has 6 heteroatoms. The number of carbonyl (C=O) groups excluding carboxylic acids is 2. The summed E-state index contributed by atoms with van der Waals surface area (Å²) in [5.74, 6) is -1.93. The van der Waals surface area contributed by atoms with Gasteiger partial charge in [-0.25, -0.2) is 4.39 Å². The molecule has 0 spiro atoms. The average Bonchev–Trinajstić information content (AvgIpc) is 2.51. The molecule has 0 saturated carbocycles. The van der Waals surface area contributed by atoms with Crippen molar-refractivity contribution in [1.82, 2.24) is 0 Å². The number of primary amides is 1. The maximum absolute atomic E-state index is 12.9. The number of nitrogens with one attached hydrogen (secondary N) is 1. The number of anilines is 1. The van der Waals surface area contributed by atoms with Gasteiger partial charge in [-0.15, -0.1) is 0 Å². The Bertz CT molecular complexity index is 674. The van der Waals surface area contributed by atoms with Gasteiger partial charge in [0.15, 0.2) is 5.41 Å². The molecule has 1 unspecified atom stereocenters. The van der Waals surface area contributed by atoms with Crippen molar-refractivity contribution >= 4 is 17.5 Å². The Morgan fingerprint density at radius 2 is 1.64 bits per heavy atom. The van der Waals surface area contributed by atoms with Crippen molar-refractivity contribution in [3.8, 4) is 0 Å². The summed E-state index contributed by atoms with van der Waals surface area (Å²) < 4.78 is 12.9. The van der Waals surface area contributed by atoms with Crippen LogP contribution in [0.2, 0.25) is 0 Å². The van der Waals surface area contributed by atoms with Crippen molar-refractivity contribution in [2.24, 2.45) is 11.5 Å². The van der Waals surface area contributed by atoms with Crippen LogP contribution in [-0.2, 0) is 15.0 Å². The Balaban J connectivity index is 2.39. The zero-order valence-corrected chi connectivity index (χ0v) is 11.8. The fraction of sp³-hybridized carbons (Fsp3) is 0.125. The molecule has 1 atom stereocenters. The summed E-state index contributed by atoms with van der Waals surface area (Å²) in [6.45, 7) is -0.278. The first-order valence-electron chi connectivity index (χ1n) is 6.63. The summed E-state index contributed by atoms with van der Waals surface area (Å²) in [5.41, 5.74) is 10.2. The van der Waals surface area contributed by atoms with Crippen LogP contribution in [0.4, 0.5) is 10.1 Å². The van der Waals surface area contributed by atoms with E-state index in [1.165, 1.54) is 24.3 Å². The van der Waals surface area contributed by atoms with Gasteiger partial charge in [0, 0.05) is 12.2 Å². The fourth-order valence-corrected chi connectivity index (χ4v) is 2.19. The molecule has 0 aliphatic rings. The Morgan fingerprint density at radius 3 is 2.14 bits per heavy atom. The number of carbonyl (C=O) groups is 2. The Kier molecular flexibility index (Phi) is 4.53. The average molecular weight is 301 g/mol. The van der Waals surface area contributed by atoms with E-state index in [0.717, 1.165) is 0 Å². The van der Waals surface area contributed by atoms with Crippen LogP contribution in [0.25, 0.3) is 0 Å². The normalized spacial score (nSPS) is 13.2. The first-order chi connectivity index (χ1) is 10.5. The molecule has 5 N–H and O–H groups in total. The Labute approximate surface area is 127 Å². The first-order valence-corrected chi connectivity index (χ1v) is 6.63. The SMILES string of the molecule is NCC(C(N)=O)(C(=O)Nc1ccc(F)cc1)c1ccccc1. The van der Waals surface area contributed by atoms with Crippen molar-refractivity contribution in [2.75, 3.05) is 11.9 Å². The van der Waals surface area contributed by atoms with E-state index in [4.69, 9.17) is 11.5 Å². The van der Waals surface area contributed by atoms with Crippen LogP contribution in [0.1, 0.15) is 5.56 Å². The molecule has 0 fully saturated rings. The summed E-state index contributed by atoms with van der Waals surface area (Å²) >= 11 is 0. The third-order valence-electron chi connectivity index (χ3n) is 3.48. The van der Waals surface area contributed by atoms with Crippen molar-refractivity contribution < 1.29 is 14.0 Å². The van der Waals surface area contributed by atoms with Crippen LogP contribution in [0.3, 0.4) is 0 Å². The molecule has 0 saturated heterocycles. The molecule has 0 bridgehead atoms. The maximum Gasteiger partial charge on any atom is 0.245 e. The third-order valence-corrected chi connectivity index (χ3v) is 3.48. The van der Waals surface area contributed by atoms with Gasteiger partial charge in [-0.2, -0.15) is 0 Å². The quantitative estimate of drug-likeness (QED) is 0.722. The lowest BCUT2D eigenvalue weighted by Gasteiger charge is -2.28. The van der Waals surface area contributed by atoms with Gasteiger partial charge in [-0.05, 0) is 29.8 Å². The summed E-state index contributed by atoms with van der Waals surface area (Å²) in [5, 5.41) is 2.55. The number of nitrogens with two attached hydrogens (primary N) is 2. The van der Waals surface area contributed by atoms with E-state index in [2.05, 4.69) is 5.32 Å². The summed E-state index contributed by atoms with van der Waals surface area (Å²) in [6.07, 6.45) is 0. The summed E-state index contributed by atoms with van der Waals surface area (Å²) in [6, 6.07) is 13.5. The van der Waals surface area contributed by atoms with Gasteiger partial charge in [0.05, 0.1) is 0 Å². The van der Waals surface area contributed by atoms with Crippen molar-refractivity contribution in [1.29, 1.82) is 0 Å². The van der Waals surface area contributed by atoms with Crippen LogP contribution >= 0.6 is 0 Å². The van der Waals surface area contributed by atoms with E-state index in [1.807, 2.05) is 0 Å². The van der Waals surface area contributed by atoms with Gasteiger partial charge in [0.2, 0.25) is 11.8 Å². The summed E-state index contributed by atoms with van der Waals surface area (Å²) in [7, 11) is 0. The highest BCUT2D eigenvalue weighted by atomic mass is 19.1. The zero-order chi connectivity index (χ0) is 16.2. The largest absolute Gasteiger partial charge is 0.368 e. The summed E-state index contributed by atoms with van der Waals surface area (Å²) in [4.78, 5) is 24.6. The standard InChI is InChI=1S/C16H16FN3O2/c17-12-6-8-13(9-7-12)20-15(22)16(10-18,14(19)21)11-4-2-1-3-5-11/h1-9H,10,18H2,(H2,19,21)(H,20,22). The van der Waals surface area contributed by atoms with Crippen LogP contribution < -0.4 is 16.8 Å². The van der Waals surface area contributed by atoms with Crippen molar-refractivity contribution in [3.63, 3.8) is 0 Å². The van der Waals surface area contributed by atoms with Crippen LogP contribution in [0.5, 0.6) is 0 Å². The smallest absolute Gasteiger partial charge is 0.245 e. The molecule has 0 aliphatic heterocycles. The molecule has 22 heavy (non-hydrogen) atoms. The predicted molar refractivity (Wildman–Crippen MR) is 81.4 cm³/mol. The number of amides is 2. The van der Waals surface area contributed by atoms with E-state index in [1.54, 1.807) is 30.3 Å². The fourth-order valence-electron chi connectivity index (χ4n) is 2.19. The molecule has 0 aliphatic carbocycles. The highest BCUT2D eigenvalue weighted by molar-refractivity contribution is 6.15. The highest BCUT2D eigenvalue weighted by Gasteiger charge is 2.45. The van der Waals surface area contributed by atoms with Crippen molar-refractivity contribution in [3.05, 3.63) is 66.0 Å². The molecular formula is C16H16FN3O2. The zero-order valence-electron chi connectivity index (χ0n) is 11.8. The van der Waals surface area contributed by atoms with E-state index in [0.29, 0.717) is 11.3 Å². The topological polar surface area (TPSA) is 98.2 Å². The lowest BCUT2D eigenvalue weighted by atomic mass is 9.78. The van der Waals surface area contributed by atoms with Crippen LogP contribution in [0.15, 0.2) is 54.6 Å². The number of hydrogen-bond donors (Lipinski definition) is 3. The minimum absolute atomic E-state index is 0.278. The minimum atomic E-state index is -1.68. The van der Waals surface area contributed by atoms with E-state index in [-0.39, 0.29) is 6.54 Å². The van der Waals surface area contributed by atoms with Gasteiger partial charge in [-0.3, -0.25) is 9.59 Å². The Hall–Kier alpha value is -2.73. The van der Waals surface area contributed by atoms with Gasteiger partial charge < -0.3 is 16.8 Å². The second-order valence-electron chi connectivity index (χ2n) is 4.80. The maximum atomic E-state index is 12.9. The van der Waals surface area contributed by atoms with Crippen LogP contribution in [0, 0.1) is 5.82 Å². The second-order valence-corrected chi connectivity index (χ2v) is 4.80. The monoisotopic (exact) mass is 301 g/mol. The molecular weight excluding hydrogens is 285 g/mol.